The summed E-state index contributed by atoms with van der Waals surface area (Å²) in [5.74, 6) is -1.16. The predicted molar refractivity (Wildman–Crippen MR) is 93.6 cm³/mol. The molecule has 2 aromatic rings. The number of hydrogen-bond donors (Lipinski definition) is 2. The fourth-order valence-electron chi connectivity index (χ4n) is 1.78. The molecule has 9 heteroatoms. The molecule has 2 rings (SSSR count). The van der Waals surface area contributed by atoms with Crippen molar-refractivity contribution in [2.45, 2.75) is 4.90 Å². The van der Waals surface area contributed by atoms with Gasteiger partial charge in [-0.25, -0.2) is 8.42 Å². The van der Waals surface area contributed by atoms with Gasteiger partial charge in [-0.3, -0.25) is 20.4 Å². The highest BCUT2D eigenvalue weighted by molar-refractivity contribution is 9.10. The predicted octanol–water partition coefficient (Wildman–Crippen LogP) is 2.58. The van der Waals surface area contributed by atoms with Crippen molar-refractivity contribution >= 4 is 49.2 Å². The van der Waals surface area contributed by atoms with Crippen LogP contribution in [0.4, 0.5) is 0 Å². The fourth-order valence-corrected chi connectivity index (χ4v) is 3.17. The summed E-state index contributed by atoms with van der Waals surface area (Å²) in [6.45, 7) is 0. The van der Waals surface area contributed by atoms with E-state index in [1.807, 2.05) is 0 Å². The third kappa shape index (κ3) is 4.56. The van der Waals surface area contributed by atoms with E-state index in [9.17, 15) is 18.0 Å². The van der Waals surface area contributed by atoms with E-state index in [1.54, 1.807) is 12.1 Å². The van der Waals surface area contributed by atoms with Crippen molar-refractivity contribution in [3.8, 4) is 0 Å². The maximum absolute atomic E-state index is 12.0. The number of nitrogens with one attached hydrogen (secondary N) is 2. The Kier molecular flexibility index (Phi) is 5.63. The van der Waals surface area contributed by atoms with Crippen molar-refractivity contribution in [3.05, 3.63) is 63.1 Å². The Morgan fingerprint density at radius 1 is 1.00 bits per heavy atom. The quantitative estimate of drug-likeness (QED) is 0.731. The molecule has 0 fully saturated rings. The van der Waals surface area contributed by atoms with Gasteiger partial charge in [0.1, 0.15) is 0 Å². The van der Waals surface area contributed by atoms with Gasteiger partial charge in [0.05, 0.1) is 15.5 Å². The van der Waals surface area contributed by atoms with Crippen molar-refractivity contribution < 1.29 is 18.0 Å². The first-order valence-electron chi connectivity index (χ1n) is 6.54. The van der Waals surface area contributed by atoms with Crippen LogP contribution >= 0.6 is 27.5 Å². The number of benzene rings is 2. The first-order chi connectivity index (χ1) is 11.2. The lowest BCUT2D eigenvalue weighted by molar-refractivity contribution is 0.0846. The molecule has 0 heterocycles. The van der Waals surface area contributed by atoms with Gasteiger partial charge in [-0.15, -0.1) is 0 Å². The molecule has 2 amide bonds. The molecule has 0 aliphatic heterocycles. The van der Waals surface area contributed by atoms with Crippen LogP contribution in [0.15, 0.2) is 51.8 Å². The van der Waals surface area contributed by atoms with Gasteiger partial charge in [0.2, 0.25) is 0 Å². The molecule has 0 radical (unpaired) electrons. The van der Waals surface area contributed by atoms with Crippen LogP contribution in [0.2, 0.25) is 5.02 Å². The molecule has 126 valence electrons. The fraction of sp³-hybridized carbons (Fsp3) is 0.0667. The van der Waals surface area contributed by atoms with Gasteiger partial charge in [-0.2, -0.15) is 0 Å². The van der Waals surface area contributed by atoms with Crippen LogP contribution in [0.1, 0.15) is 20.7 Å². The van der Waals surface area contributed by atoms with Crippen LogP contribution in [-0.2, 0) is 9.84 Å². The number of rotatable bonds is 3. The lowest BCUT2D eigenvalue weighted by Crippen LogP contribution is -2.41. The number of hydrogen-bond acceptors (Lipinski definition) is 4. The number of halogens is 2. The van der Waals surface area contributed by atoms with Crippen LogP contribution in [0.25, 0.3) is 0 Å². The van der Waals surface area contributed by atoms with Crippen LogP contribution in [0.3, 0.4) is 0 Å². The van der Waals surface area contributed by atoms with Crippen molar-refractivity contribution in [2.75, 3.05) is 6.26 Å². The van der Waals surface area contributed by atoms with Gasteiger partial charge >= 0.3 is 0 Å². The molecular formula is C15H12BrClN2O4S. The lowest BCUT2D eigenvalue weighted by atomic mass is 10.2. The van der Waals surface area contributed by atoms with E-state index in [-0.39, 0.29) is 21.0 Å². The monoisotopic (exact) mass is 430 g/mol. The highest BCUT2D eigenvalue weighted by Gasteiger charge is 2.13. The van der Waals surface area contributed by atoms with Crippen molar-refractivity contribution in [1.29, 1.82) is 0 Å². The minimum absolute atomic E-state index is 0.102. The van der Waals surface area contributed by atoms with Crippen LogP contribution in [0.5, 0.6) is 0 Å². The molecule has 0 spiro atoms. The molecule has 2 aromatic carbocycles. The maximum atomic E-state index is 12.0. The molecule has 0 bridgehead atoms. The molecule has 0 saturated carbocycles. The van der Waals surface area contributed by atoms with Crippen molar-refractivity contribution in [3.63, 3.8) is 0 Å². The minimum Gasteiger partial charge on any atom is -0.267 e. The second kappa shape index (κ2) is 7.33. The molecule has 0 saturated heterocycles. The van der Waals surface area contributed by atoms with Gasteiger partial charge in [0.25, 0.3) is 11.8 Å². The summed E-state index contributed by atoms with van der Waals surface area (Å²) in [5, 5.41) is 0.230. The van der Waals surface area contributed by atoms with Crippen LogP contribution in [-0.4, -0.2) is 26.5 Å². The lowest BCUT2D eigenvalue weighted by Gasteiger charge is -2.09. The number of hydrazine groups is 1. The maximum Gasteiger partial charge on any atom is 0.271 e. The summed E-state index contributed by atoms with van der Waals surface area (Å²) in [7, 11) is -3.34. The highest BCUT2D eigenvalue weighted by atomic mass is 79.9. The molecular weight excluding hydrogens is 420 g/mol. The molecule has 0 atom stereocenters. The van der Waals surface area contributed by atoms with Crippen LogP contribution < -0.4 is 10.9 Å². The topological polar surface area (TPSA) is 92.3 Å². The number of sulfone groups is 1. The van der Waals surface area contributed by atoms with E-state index in [0.717, 1.165) is 10.7 Å². The average Bonchev–Trinajstić information content (AvgIpc) is 2.51. The molecule has 6 nitrogen and oxygen atoms in total. The van der Waals surface area contributed by atoms with E-state index in [0.29, 0.717) is 0 Å². The summed E-state index contributed by atoms with van der Waals surface area (Å²) < 4.78 is 23.5. The van der Waals surface area contributed by atoms with E-state index in [2.05, 4.69) is 26.8 Å². The SMILES string of the molecule is CS(=O)(=O)c1ccc(C(=O)NNC(=O)c2ccc(Br)cc2Cl)cc1. The molecule has 0 aromatic heterocycles. The first-order valence-corrected chi connectivity index (χ1v) is 9.60. The van der Waals surface area contributed by atoms with E-state index in [4.69, 9.17) is 11.6 Å². The zero-order chi connectivity index (χ0) is 17.9. The Morgan fingerprint density at radius 2 is 1.58 bits per heavy atom. The Hall–Kier alpha value is -1.90. The van der Waals surface area contributed by atoms with Gasteiger partial charge in [0, 0.05) is 16.3 Å². The highest BCUT2D eigenvalue weighted by Crippen LogP contribution is 2.21. The first kappa shape index (κ1) is 18.4. The number of carbonyl (C=O) groups is 2. The Balaban J connectivity index is 2.03. The van der Waals surface area contributed by atoms with Gasteiger partial charge in [-0.05, 0) is 42.5 Å². The second-order valence-corrected chi connectivity index (χ2v) is 8.17. The summed E-state index contributed by atoms with van der Waals surface area (Å²) in [6, 6.07) is 10.0. The minimum atomic E-state index is -3.34. The normalized spacial score (nSPS) is 11.0. The summed E-state index contributed by atoms with van der Waals surface area (Å²) >= 11 is 9.19. The van der Waals surface area contributed by atoms with Crippen molar-refractivity contribution in [1.82, 2.24) is 10.9 Å². The molecule has 0 unspecified atom stereocenters. The molecule has 24 heavy (non-hydrogen) atoms. The van der Waals surface area contributed by atoms with E-state index in [1.165, 1.54) is 30.3 Å². The Bertz CT molecular complexity index is 898. The third-order valence-electron chi connectivity index (χ3n) is 3.01. The standard InChI is InChI=1S/C15H12BrClN2O4S/c1-24(22,23)11-5-2-9(3-6-11)14(20)18-19-15(21)12-7-4-10(16)8-13(12)17/h2-8H,1H3,(H,18,20)(H,19,21). The van der Waals surface area contributed by atoms with Crippen molar-refractivity contribution in [2.24, 2.45) is 0 Å². The molecule has 0 aliphatic carbocycles. The largest absolute Gasteiger partial charge is 0.271 e. The zero-order valence-corrected chi connectivity index (χ0v) is 15.5. The third-order valence-corrected chi connectivity index (χ3v) is 4.94. The average molecular weight is 432 g/mol. The Morgan fingerprint density at radius 3 is 2.12 bits per heavy atom. The number of carbonyl (C=O) groups excluding carboxylic acids is 2. The Labute approximate surface area is 152 Å². The van der Waals surface area contributed by atoms with Gasteiger partial charge < -0.3 is 0 Å². The molecule has 0 aliphatic rings. The second-order valence-electron chi connectivity index (χ2n) is 4.83. The molecule has 2 N–H and O–H groups in total. The summed E-state index contributed by atoms with van der Waals surface area (Å²) in [6.07, 6.45) is 1.07. The number of amides is 2. The van der Waals surface area contributed by atoms with Gasteiger partial charge in [-0.1, -0.05) is 27.5 Å². The van der Waals surface area contributed by atoms with Crippen LogP contribution in [0, 0.1) is 0 Å². The summed E-state index contributed by atoms with van der Waals surface area (Å²) in [5.41, 5.74) is 4.89. The zero-order valence-electron chi connectivity index (χ0n) is 12.3. The van der Waals surface area contributed by atoms with Gasteiger partial charge in [0.15, 0.2) is 9.84 Å². The van der Waals surface area contributed by atoms with E-state index >= 15 is 0 Å². The smallest absolute Gasteiger partial charge is 0.267 e. The van der Waals surface area contributed by atoms with E-state index < -0.39 is 21.7 Å². The summed E-state index contributed by atoms with van der Waals surface area (Å²) in [4.78, 5) is 24.1.